The fraction of sp³-hybridized carbons (Fsp3) is 0.667. The highest BCUT2D eigenvalue weighted by Gasteiger charge is 2.15. The summed E-state index contributed by atoms with van der Waals surface area (Å²) in [4.78, 5) is 4.52. The number of nitrogens with zero attached hydrogens (tertiary/aromatic N) is 1. The van der Waals surface area contributed by atoms with E-state index in [0.29, 0.717) is 0 Å². The Morgan fingerprint density at radius 3 is 2.94 bits per heavy atom. The van der Waals surface area contributed by atoms with E-state index in [-0.39, 0.29) is 0 Å². The Kier molecular flexibility index (Phi) is 5.46. The molecular weight excluding hydrogens is 224 g/mol. The minimum Gasteiger partial charge on any atom is -0.477 e. The molecule has 1 saturated carbocycles. The van der Waals surface area contributed by atoms with Crippen LogP contribution in [0.4, 0.5) is 0 Å². The number of pyridine rings is 1. The van der Waals surface area contributed by atoms with Crippen LogP contribution in [0.5, 0.6) is 5.88 Å². The van der Waals surface area contributed by atoms with Crippen LogP contribution in [0.1, 0.15) is 44.7 Å². The molecular formula is C15H24N2O. The number of aromatic nitrogens is 1. The quantitative estimate of drug-likeness (QED) is 0.753. The Bertz CT molecular complexity index is 348. The average molecular weight is 248 g/mol. The van der Waals surface area contributed by atoms with Crippen molar-refractivity contribution in [3.63, 3.8) is 0 Å². The minimum absolute atomic E-state index is 0.744. The first-order chi connectivity index (χ1) is 8.88. The Labute approximate surface area is 110 Å². The molecule has 3 nitrogen and oxygen atoms in total. The molecule has 0 saturated heterocycles. The lowest BCUT2D eigenvalue weighted by molar-refractivity contribution is 0.243. The van der Waals surface area contributed by atoms with E-state index in [1.54, 1.807) is 0 Å². The van der Waals surface area contributed by atoms with Crippen LogP contribution in [0.15, 0.2) is 18.2 Å². The third kappa shape index (κ3) is 4.30. The van der Waals surface area contributed by atoms with Gasteiger partial charge in [-0.05, 0) is 37.8 Å². The lowest BCUT2D eigenvalue weighted by Gasteiger charge is -2.11. The van der Waals surface area contributed by atoms with Crippen molar-refractivity contribution in [2.75, 3.05) is 13.2 Å². The first-order valence-corrected chi connectivity index (χ1v) is 7.18. The van der Waals surface area contributed by atoms with Gasteiger partial charge in [-0.15, -0.1) is 0 Å². The zero-order valence-electron chi connectivity index (χ0n) is 11.3. The molecule has 0 aromatic carbocycles. The molecule has 1 aliphatic rings. The smallest absolute Gasteiger partial charge is 0.213 e. The van der Waals surface area contributed by atoms with Crippen molar-refractivity contribution in [3.8, 4) is 5.88 Å². The molecule has 1 aromatic heterocycles. The third-order valence-electron chi connectivity index (χ3n) is 3.46. The summed E-state index contributed by atoms with van der Waals surface area (Å²) in [5.74, 6) is 1.52. The largest absolute Gasteiger partial charge is 0.477 e. The Morgan fingerprint density at radius 2 is 2.17 bits per heavy atom. The van der Waals surface area contributed by atoms with Gasteiger partial charge in [-0.25, -0.2) is 4.98 Å². The second kappa shape index (κ2) is 7.37. The zero-order chi connectivity index (χ0) is 12.6. The summed E-state index contributed by atoms with van der Waals surface area (Å²) >= 11 is 0. The number of nitrogens with one attached hydrogen (secondary N) is 1. The highest BCUT2D eigenvalue weighted by Crippen LogP contribution is 2.25. The second-order valence-electron chi connectivity index (χ2n) is 5.11. The molecule has 3 heteroatoms. The number of hydrogen-bond donors (Lipinski definition) is 1. The lowest BCUT2D eigenvalue weighted by atomic mass is 10.1. The van der Waals surface area contributed by atoms with Gasteiger partial charge in [0.2, 0.25) is 5.88 Å². The van der Waals surface area contributed by atoms with E-state index in [1.165, 1.54) is 25.7 Å². The van der Waals surface area contributed by atoms with Crippen molar-refractivity contribution < 1.29 is 4.74 Å². The topological polar surface area (TPSA) is 34.1 Å². The van der Waals surface area contributed by atoms with Gasteiger partial charge < -0.3 is 10.1 Å². The van der Waals surface area contributed by atoms with Gasteiger partial charge in [0.25, 0.3) is 0 Å². The molecule has 1 fully saturated rings. The van der Waals surface area contributed by atoms with E-state index in [1.807, 2.05) is 18.2 Å². The van der Waals surface area contributed by atoms with Crippen LogP contribution in [0.3, 0.4) is 0 Å². The first-order valence-electron chi connectivity index (χ1n) is 7.18. The summed E-state index contributed by atoms with van der Waals surface area (Å²) in [7, 11) is 0. The third-order valence-corrected chi connectivity index (χ3v) is 3.46. The summed E-state index contributed by atoms with van der Waals surface area (Å²) in [6.45, 7) is 4.86. The van der Waals surface area contributed by atoms with Crippen molar-refractivity contribution in [2.24, 2.45) is 5.92 Å². The van der Waals surface area contributed by atoms with E-state index in [4.69, 9.17) is 4.74 Å². The van der Waals surface area contributed by atoms with Crippen molar-refractivity contribution in [2.45, 2.75) is 45.6 Å². The van der Waals surface area contributed by atoms with Gasteiger partial charge in [-0.2, -0.15) is 0 Å². The van der Waals surface area contributed by atoms with E-state index in [2.05, 4.69) is 17.2 Å². The predicted octanol–water partition coefficient (Wildman–Crippen LogP) is 3.15. The number of hydrogen-bond acceptors (Lipinski definition) is 3. The van der Waals surface area contributed by atoms with Gasteiger partial charge >= 0.3 is 0 Å². The molecule has 0 spiro atoms. The molecule has 1 N–H and O–H groups in total. The molecule has 1 aromatic rings. The summed E-state index contributed by atoms with van der Waals surface area (Å²) in [5, 5.41) is 3.36. The van der Waals surface area contributed by atoms with Crippen LogP contribution >= 0.6 is 0 Å². The summed E-state index contributed by atoms with van der Waals surface area (Å²) in [6.07, 6.45) is 6.51. The van der Waals surface area contributed by atoms with Gasteiger partial charge in [-0.1, -0.05) is 25.8 Å². The Morgan fingerprint density at radius 1 is 1.33 bits per heavy atom. The lowest BCUT2D eigenvalue weighted by Crippen LogP contribution is -2.15. The van der Waals surface area contributed by atoms with Gasteiger partial charge in [0.05, 0.1) is 12.3 Å². The average Bonchev–Trinajstić information content (AvgIpc) is 2.90. The van der Waals surface area contributed by atoms with Crippen LogP contribution in [-0.2, 0) is 6.54 Å². The first kappa shape index (κ1) is 13.3. The molecule has 0 atom stereocenters. The van der Waals surface area contributed by atoms with E-state index in [9.17, 15) is 0 Å². The second-order valence-corrected chi connectivity index (χ2v) is 5.11. The number of rotatable bonds is 7. The maximum absolute atomic E-state index is 5.80. The molecule has 2 rings (SSSR count). The molecule has 0 aliphatic heterocycles. The zero-order valence-corrected chi connectivity index (χ0v) is 11.3. The van der Waals surface area contributed by atoms with Gasteiger partial charge in [0.15, 0.2) is 0 Å². The molecule has 1 aliphatic carbocycles. The van der Waals surface area contributed by atoms with Crippen LogP contribution in [0.2, 0.25) is 0 Å². The molecule has 0 amide bonds. The SMILES string of the molecule is CCCNCc1cccc(OCC2CCCC2)n1. The normalized spacial score (nSPS) is 16.1. The van der Waals surface area contributed by atoms with Crippen LogP contribution < -0.4 is 10.1 Å². The Balaban J connectivity index is 1.78. The van der Waals surface area contributed by atoms with Crippen LogP contribution in [0, 0.1) is 5.92 Å². The van der Waals surface area contributed by atoms with Crippen molar-refractivity contribution >= 4 is 0 Å². The fourth-order valence-electron chi connectivity index (χ4n) is 2.41. The molecule has 0 unspecified atom stereocenters. The molecule has 1 heterocycles. The predicted molar refractivity (Wildman–Crippen MR) is 73.7 cm³/mol. The minimum atomic E-state index is 0.744. The van der Waals surface area contributed by atoms with Gasteiger partial charge in [-0.3, -0.25) is 0 Å². The molecule has 0 bridgehead atoms. The van der Waals surface area contributed by atoms with Gasteiger partial charge in [0.1, 0.15) is 0 Å². The maximum atomic E-state index is 5.80. The molecule has 0 radical (unpaired) electrons. The van der Waals surface area contributed by atoms with E-state index < -0.39 is 0 Å². The van der Waals surface area contributed by atoms with Crippen molar-refractivity contribution in [3.05, 3.63) is 23.9 Å². The monoisotopic (exact) mass is 248 g/mol. The maximum Gasteiger partial charge on any atom is 0.213 e. The van der Waals surface area contributed by atoms with Gasteiger partial charge in [0, 0.05) is 12.6 Å². The summed E-state index contributed by atoms with van der Waals surface area (Å²) < 4.78 is 5.80. The standard InChI is InChI=1S/C15H24N2O/c1-2-10-16-11-14-8-5-9-15(17-14)18-12-13-6-3-4-7-13/h5,8-9,13,16H,2-4,6-7,10-12H2,1H3. The van der Waals surface area contributed by atoms with Crippen LogP contribution in [0.25, 0.3) is 0 Å². The molecule has 18 heavy (non-hydrogen) atoms. The molecule has 100 valence electrons. The fourth-order valence-corrected chi connectivity index (χ4v) is 2.41. The number of ether oxygens (including phenoxy) is 1. The van der Waals surface area contributed by atoms with Crippen LogP contribution in [-0.4, -0.2) is 18.1 Å². The summed E-state index contributed by atoms with van der Waals surface area (Å²) in [6, 6.07) is 6.03. The highest BCUT2D eigenvalue weighted by molar-refractivity contribution is 5.15. The van der Waals surface area contributed by atoms with E-state index >= 15 is 0 Å². The van der Waals surface area contributed by atoms with Crippen molar-refractivity contribution in [1.82, 2.24) is 10.3 Å². The van der Waals surface area contributed by atoms with Crippen molar-refractivity contribution in [1.29, 1.82) is 0 Å². The highest BCUT2D eigenvalue weighted by atomic mass is 16.5. The summed E-state index contributed by atoms with van der Waals surface area (Å²) in [5.41, 5.74) is 1.06. The van der Waals surface area contributed by atoms with E-state index in [0.717, 1.165) is 43.6 Å². The Hall–Kier alpha value is -1.09.